The number of anilines is 8. The Morgan fingerprint density at radius 3 is 0.643 bits per heavy atom. The average Bonchev–Trinajstić information content (AvgIpc) is 3.29. The van der Waals surface area contributed by atoms with E-state index in [2.05, 4.69) is 43.4 Å². The molecule has 0 aliphatic carbocycles. The Labute approximate surface area is 428 Å². The molecular formula is C54H53Cl4N12+. The Hall–Kier alpha value is -8.00. The van der Waals surface area contributed by atoms with Crippen molar-refractivity contribution in [3.8, 4) is 0 Å². The van der Waals surface area contributed by atoms with Gasteiger partial charge in [0.05, 0.1) is 22.1 Å². The molecule has 0 spiro atoms. The molecule has 16 heteroatoms. The molecule has 70 heavy (non-hydrogen) atoms. The second-order valence-corrected chi connectivity index (χ2v) is 16.5. The van der Waals surface area contributed by atoms with Gasteiger partial charge in [0.2, 0.25) is 22.1 Å². The van der Waals surface area contributed by atoms with Gasteiger partial charge < -0.3 is 58.3 Å². The summed E-state index contributed by atoms with van der Waals surface area (Å²) in [4.78, 5) is 9.08. The lowest BCUT2D eigenvalue weighted by atomic mass is 10.1. The zero-order valence-electron chi connectivity index (χ0n) is 38.2. The molecule has 0 unspecified atom stereocenters. The number of aryl methyl sites for hydroxylation is 2. The molecule has 4 aromatic heterocycles. The van der Waals surface area contributed by atoms with Crippen LogP contribution in [-0.4, -0.2) is 9.97 Å². The third-order valence-electron chi connectivity index (χ3n) is 11.6. The highest BCUT2D eigenvalue weighted by atomic mass is 35.5. The second-order valence-electron chi connectivity index (χ2n) is 16.5. The van der Waals surface area contributed by atoms with Gasteiger partial charge in [-0.05, 0) is 121 Å². The maximum atomic E-state index is 5.83. The molecule has 356 valence electrons. The van der Waals surface area contributed by atoms with Crippen molar-refractivity contribution in [2.45, 2.75) is 0 Å². The topological polar surface area (TPSA) is 242 Å². The maximum absolute atomic E-state index is 5.83. The molecule has 0 bridgehead atoms. The predicted molar refractivity (Wildman–Crippen MR) is 301 cm³/mol. The highest BCUT2D eigenvalue weighted by Crippen LogP contribution is 2.26. The van der Waals surface area contributed by atoms with Crippen molar-refractivity contribution in [2.75, 3.05) is 45.9 Å². The molecule has 8 aromatic carbocycles. The second kappa shape index (κ2) is 22.0. The summed E-state index contributed by atoms with van der Waals surface area (Å²) < 4.78 is 4.24. The van der Waals surface area contributed by atoms with Crippen LogP contribution in [0.3, 0.4) is 0 Å². The zero-order valence-corrected chi connectivity index (χ0v) is 41.4. The third-order valence-corrected chi connectivity index (χ3v) is 11.6. The molecule has 12 nitrogen and oxygen atoms in total. The van der Waals surface area contributed by atoms with Gasteiger partial charge in [-0.1, -0.05) is 24.3 Å². The summed E-state index contributed by atoms with van der Waals surface area (Å²) in [6.07, 6.45) is 0. The van der Waals surface area contributed by atoms with Gasteiger partial charge in [0, 0.05) is 113 Å². The lowest BCUT2D eigenvalue weighted by Gasteiger charge is -2.03. The molecule has 0 saturated carbocycles. The van der Waals surface area contributed by atoms with Crippen LogP contribution in [0.15, 0.2) is 170 Å². The Balaban J connectivity index is 0.000000171. The number of hydrogen-bond acceptors (Lipinski definition) is 10. The Kier molecular flexibility index (Phi) is 16.6. The fraction of sp³-hybridized carbons (Fsp3) is 0.0370. The summed E-state index contributed by atoms with van der Waals surface area (Å²) in [6, 6.07) is 55.2. The summed E-state index contributed by atoms with van der Waals surface area (Å²) in [5.41, 5.74) is 60.3. The predicted octanol–water partition coefficient (Wildman–Crippen LogP) is 7.34. The Morgan fingerprint density at radius 2 is 0.429 bits per heavy atom. The summed E-state index contributed by atoms with van der Waals surface area (Å²) >= 11 is 0. The minimum Gasteiger partial charge on any atom is -1.00 e. The number of pyridine rings is 4. The van der Waals surface area contributed by atoms with Gasteiger partial charge in [-0.25, -0.2) is 9.97 Å². The SMILES string of the molecule is C[n+]1c2cc(N)ccc2cc2ccc(N)cc21.C[n+]1c2cc(N)ccc2cc2ccc(N)cc21.Cl.Cl.Cl.Nc1ccc2cc3ccc(N)cc3nc2c1.Nc1ccc2cc3ccc(N)cc3nc2c1.[Cl-]. The molecule has 12 aromatic rings. The average molecular weight is 1010 g/mol. The first-order valence-electron chi connectivity index (χ1n) is 21.2. The van der Waals surface area contributed by atoms with Crippen LogP contribution >= 0.6 is 37.2 Å². The summed E-state index contributed by atoms with van der Waals surface area (Å²) in [5, 5.41) is 9.08. The van der Waals surface area contributed by atoms with Crippen molar-refractivity contribution in [2.24, 2.45) is 14.1 Å². The first-order chi connectivity index (χ1) is 31.7. The summed E-state index contributed by atoms with van der Waals surface area (Å²) in [6.45, 7) is 0. The number of aromatic nitrogens is 4. The summed E-state index contributed by atoms with van der Waals surface area (Å²) in [5.74, 6) is 0. The molecule has 12 rings (SSSR count). The molecule has 0 aliphatic rings. The number of benzene rings is 8. The molecule has 0 aliphatic heterocycles. The van der Waals surface area contributed by atoms with Crippen LogP contribution in [-0.2, 0) is 14.1 Å². The normalized spacial score (nSPS) is 10.4. The van der Waals surface area contributed by atoms with E-state index in [1.54, 1.807) is 0 Å². The molecular weight excluding hydrogens is 958 g/mol. The molecule has 0 radical (unpaired) electrons. The standard InChI is InChI=1S/2C14H13N3.2C13H11N3.4ClH/c2*1-17-13-7-11(15)4-2-9(13)6-10-3-5-12(16)8-14(10)17;2*14-10-3-1-8-5-9-2-4-11(15)7-13(9)16-12(8)6-10;;;;/h2*2-8H,1H3,(H3,15,16);2*1-7H,14-15H2;4*1H/p+1. The third kappa shape index (κ3) is 11.3. The first kappa shape index (κ1) is 53.0. The van der Waals surface area contributed by atoms with Crippen molar-refractivity contribution in [1.82, 2.24) is 9.97 Å². The highest BCUT2D eigenvalue weighted by molar-refractivity contribution is 5.97. The van der Waals surface area contributed by atoms with Crippen molar-refractivity contribution in [1.29, 1.82) is 0 Å². The molecule has 0 atom stereocenters. The number of rotatable bonds is 0. The minimum atomic E-state index is 0. The monoisotopic (exact) mass is 1010 g/mol. The van der Waals surface area contributed by atoms with Crippen LogP contribution in [0, 0.1) is 0 Å². The largest absolute Gasteiger partial charge is 1.00 e. The number of nitrogens with two attached hydrogens (primary N) is 8. The van der Waals surface area contributed by atoms with Crippen LogP contribution in [0.5, 0.6) is 0 Å². The van der Waals surface area contributed by atoms with E-state index in [1.807, 2.05) is 160 Å². The number of halogens is 4. The number of nitrogen functional groups attached to an aromatic ring is 8. The Bertz CT molecular complexity index is 3390. The van der Waals surface area contributed by atoms with Gasteiger partial charge in [0.15, 0.2) is 0 Å². The van der Waals surface area contributed by atoms with Crippen LogP contribution in [0.25, 0.3) is 87.2 Å². The van der Waals surface area contributed by atoms with E-state index < -0.39 is 0 Å². The van der Waals surface area contributed by atoms with Crippen molar-refractivity contribution < 1.29 is 21.5 Å². The van der Waals surface area contributed by atoms with Crippen molar-refractivity contribution in [3.05, 3.63) is 170 Å². The highest BCUT2D eigenvalue weighted by Gasteiger charge is 2.13. The van der Waals surface area contributed by atoms with E-state index in [4.69, 9.17) is 45.9 Å². The van der Waals surface area contributed by atoms with Gasteiger partial charge in [0.25, 0.3) is 0 Å². The van der Waals surface area contributed by atoms with Gasteiger partial charge in [0.1, 0.15) is 14.1 Å². The smallest absolute Gasteiger partial charge is 0.214 e. The lowest BCUT2D eigenvalue weighted by Crippen LogP contribution is -3.00. The van der Waals surface area contributed by atoms with Crippen LogP contribution in [0.2, 0.25) is 0 Å². The first-order valence-corrected chi connectivity index (χ1v) is 21.2. The van der Waals surface area contributed by atoms with Gasteiger partial charge in [-0.3, -0.25) is 0 Å². The van der Waals surface area contributed by atoms with Gasteiger partial charge in [-0.15, -0.1) is 37.2 Å². The van der Waals surface area contributed by atoms with Crippen molar-refractivity contribution >= 4 is 170 Å². The maximum Gasteiger partial charge on any atom is 0.214 e. The van der Waals surface area contributed by atoms with Gasteiger partial charge in [-0.2, -0.15) is 9.13 Å². The quantitative estimate of drug-likeness (QED) is 0.0427. The molecule has 0 amide bonds. The molecule has 0 saturated heterocycles. The molecule has 0 fully saturated rings. The van der Waals surface area contributed by atoms with E-state index in [-0.39, 0.29) is 49.6 Å². The van der Waals surface area contributed by atoms with E-state index in [9.17, 15) is 0 Å². The number of nitrogens with zero attached hydrogens (tertiary/aromatic N) is 4. The van der Waals surface area contributed by atoms with Crippen molar-refractivity contribution in [3.63, 3.8) is 0 Å². The van der Waals surface area contributed by atoms with E-state index in [0.717, 1.165) is 111 Å². The fourth-order valence-electron chi connectivity index (χ4n) is 8.20. The minimum absolute atomic E-state index is 0. The number of fused-ring (bicyclic) bond motifs is 8. The van der Waals surface area contributed by atoms with Crippen LogP contribution in [0.4, 0.5) is 45.5 Å². The zero-order chi connectivity index (χ0) is 46.2. The number of hydrogen-bond donors (Lipinski definition) is 8. The Morgan fingerprint density at radius 1 is 0.257 bits per heavy atom. The van der Waals surface area contributed by atoms with Gasteiger partial charge >= 0.3 is 0 Å². The van der Waals surface area contributed by atoms with Crippen LogP contribution < -0.4 is 67.4 Å². The van der Waals surface area contributed by atoms with E-state index in [0.29, 0.717) is 0 Å². The lowest BCUT2D eigenvalue weighted by molar-refractivity contribution is -0.617. The van der Waals surface area contributed by atoms with E-state index >= 15 is 0 Å². The summed E-state index contributed by atoms with van der Waals surface area (Å²) in [7, 11) is 4.06. The molecule has 16 N–H and O–H groups in total. The fourth-order valence-corrected chi connectivity index (χ4v) is 8.20. The molecule has 4 heterocycles. The van der Waals surface area contributed by atoms with E-state index in [1.165, 1.54) is 21.5 Å². The van der Waals surface area contributed by atoms with Crippen LogP contribution in [0.1, 0.15) is 0 Å².